The maximum absolute atomic E-state index is 3.30. The molecule has 0 aliphatic carbocycles. The monoisotopic (exact) mass is 271 g/mol. The van der Waals surface area contributed by atoms with Crippen LogP contribution in [0.3, 0.4) is 0 Å². The normalized spacial score (nSPS) is 13.8. The summed E-state index contributed by atoms with van der Waals surface area (Å²) in [5.41, 5.74) is 2.63. The molecule has 2 rings (SSSR count). The molecule has 11 heavy (non-hydrogen) atoms. The standard InChI is InChI=1S/C8H5IN.Al.2H/c1-4-9-5-2-8-7(1)3-6-10-8;;;/h1-2,4,6,10H;;;. The van der Waals surface area contributed by atoms with Gasteiger partial charge in [0.05, 0.1) is 5.69 Å². The van der Waals surface area contributed by atoms with Crippen LogP contribution in [0.5, 0.6) is 0 Å². The van der Waals surface area contributed by atoms with Crippen LogP contribution in [0.15, 0.2) is 10.3 Å². The number of aromatic nitrogens is 1. The van der Waals surface area contributed by atoms with Gasteiger partial charge in [-0.15, -0.1) is 0 Å². The molecule has 1 nitrogen and oxygen atoms in total. The molecule has 1 aliphatic rings. The Labute approximate surface area is 83.4 Å². The molecule has 0 bridgehead atoms. The molecule has 1 aliphatic heterocycles. The highest BCUT2D eigenvalue weighted by Gasteiger charge is 2.01. The van der Waals surface area contributed by atoms with E-state index in [1.165, 1.54) is 15.7 Å². The molecule has 0 radical (unpaired) electrons. The Morgan fingerprint density at radius 1 is 1.55 bits per heavy atom. The lowest BCUT2D eigenvalue weighted by Gasteiger charge is -1.90. The Kier molecular flexibility index (Phi) is 2.15. The van der Waals surface area contributed by atoms with Crippen LogP contribution in [-0.2, 0) is 0 Å². The van der Waals surface area contributed by atoms with Gasteiger partial charge in [-0.25, -0.2) is 0 Å². The van der Waals surface area contributed by atoms with Crippen LogP contribution in [0.4, 0.5) is 0 Å². The third kappa shape index (κ3) is 1.43. The number of aromatic amines is 1. The summed E-state index contributed by atoms with van der Waals surface area (Å²) in [7, 11) is 0. The molecule has 0 saturated carbocycles. The molecule has 54 valence electrons. The van der Waals surface area contributed by atoms with Crippen LogP contribution < -0.4 is 4.43 Å². The molecule has 1 aromatic heterocycles. The van der Waals surface area contributed by atoms with Gasteiger partial charge < -0.3 is 4.98 Å². The van der Waals surface area contributed by atoms with Crippen molar-refractivity contribution >= 4 is 57.3 Å². The van der Waals surface area contributed by atoms with E-state index < -0.39 is 0 Å². The number of rotatable bonds is 0. The van der Waals surface area contributed by atoms with E-state index in [-0.39, 0.29) is 20.7 Å². The van der Waals surface area contributed by atoms with Gasteiger partial charge in [0.25, 0.3) is 16.3 Å². The molecule has 1 aromatic rings. The van der Waals surface area contributed by atoms with Crippen molar-refractivity contribution < 1.29 is 0 Å². The van der Waals surface area contributed by atoms with Gasteiger partial charge in [-0.3, -0.25) is 0 Å². The van der Waals surface area contributed by atoms with Crippen LogP contribution in [-0.4, -0.2) is 24.9 Å². The van der Waals surface area contributed by atoms with E-state index in [4.69, 9.17) is 0 Å². The molecule has 2 heterocycles. The number of nitrogens with one attached hydrogen (secondary N) is 1. The van der Waals surface area contributed by atoms with Gasteiger partial charge in [0.15, 0.2) is 0 Å². The molecule has 0 fully saturated rings. The smallest absolute Gasteiger partial charge is 0.262 e. The second kappa shape index (κ2) is 3.12. The zero-order chi connectivity index (χ0) is 7.68. The Bertz CT molecular complexity index is 369. The molecule has 0 amide bonds. The first kappa shape index (κ1) is 7.57. The van der Waals surface area contributed by atoms with E-state index >= 15 is 0 Å². The summed E-state index contributed by atoms with van der Waals surface area (Å²) in [5.74, 6) is 0. The highest BCUT2D eigenvalue weighted by molar-refractivity contribution is 14.2. The van der Waals surface area contributed by atoms with Gasteiger partial charge >= 0.3 is 0 Å². The second-order valence-electron chi connectivity index (χ2n) is 2.45. The lowest BCUT2D eigenvalue weighted by molar-refractivity contribution is 1.38. The van der Waals surface area contributed by atoms with Gasteiger partial charge in [0, 0.05) is 6.08 Å². The molecular weight excluding hydrogens is 264 g/mol. The first-order valence-corrected chi connectivity index (χ1v) is 6.76. The van der Waals surface area contributed by atoms with Crippen molar-refractivity contribution in [3.05, 3.63) is 21.5 Å². The summed E-state index contributed by atoms with van der Waals surface area (Å²) < 4.78 is 7.02. The van der Waals surface area contributed by atoms with Crippen molar-refractivity contribution in [3.8, 4) is 0 Å². The Morgan fingerprint density at radius 3 is 3.36 bits per heavy atom. The number of halogens is 1. The van der Waals surface area contributed by atoms with Gasteiger partial charge in [-0.05, 0) is 42.6 Å². The molecule has 0 atom stereocenters. The zero-order valence-corrected chi connectivity index (χ0v) is 10.3. The average molecular weight is 271 g/mol. The lowest BCUT2D eigenvalue weighted by atomic mass is 10.2. The first-order valence-electron chi connectivity index (χ1n) is 3.43. The number of H-pyrrole nitrogens is 1. The topological polar surface area (TPSA) is 15.8 Å². The van der Waals surface area contributed by atoms with E-state index in [0.29, 0.717) is 0 Å². The van der Waals surface area contributed by atoms with Gasteiger partial charge in [0.1, 0.15) is 0 Å². The van der Waals surface area contributed by atoms with Crippen LogP contribution in [0.25, 0.3) is 12.2 Å². The van der Waals surface area contributed by atoms with Crippen LogP contribution >= 0.6 is 20.7 Å². The molecule has 3 heteroatoms. The fraction of sp³-hybridized carbons (Fsp3) is 0. The van der Waals surface area contributed by atoms with Crippen LogP contribution in [0, 0.1) is 0 Å². The summed E-state index contributed by atoms with van der Waals surface area (Å²) in [5, 5.41) is 0. The van der Waals surface area contributed by atoms with Crippen molar-refractivity contribution in [3.63, 3.8) is 0 Å². The summed E-state index contributed by atoms with van der Waals surface area (Å²) in [4.78, 5) is 3.25. The Hall–Kier alpha value is -0.0675. The summed E-state index contributed by atoms with van der Waals surface area (Å²) in [6.07, 6.45) is 6.42. The van der Waals surface area contributed by atoms with Crippen molar-refractivity contribution in [1.82, 2.24) is 4.98 Å². The Morgan fingerprint density at radius 2 is 2.45 bits per heavy atom. The summed E-state index contributed by atoms with van der Waals surface area (Å²) in [6, 6.07) is 0. The number of hydrogen-bond donors (Lipinski definition) is 1. The third-order valence-corrected chi connectivity index (χ3v) is 3.93. The number of hydrogen-bond acceptors (Lipinski definition) is 0. The van der Waals surface area contributed by atoms with Crippen molar-refractivity contribution in [1.29, 1.82) is 0 Å². The minimum atomic E-state index is 0.0616. The number of fused-ring (bicyclic) bond motifs is 1. The van der Waals surface area contributed by atoms with Crippen molar-refractivity contribution in [2.75, 3.05) is 0 Å². The predicted octanol–water partition coefficient (Wildman–Crippen LogP) is 0.642. The molecule has 1 N–H and O–H groups in total. The quantitative estimate of drug-likeness (QED) is 0.526. The van der Waals surface area contributed by atoms with Gasteiger partial charge in [0.2, 0.25) is 0 Å². The molecule has 0 saturated heterocycles. The second-order valence-corrected chi connectivity index (χ2v) is 5.50. The van der Waals surface area contributed by atoms with E-state index in [1.54, 1.807) is 0 Å². The largest absolute Gasteiger partial charge is 0.362 e. The third-order valence-electron chi connectivity index (χ3n) is 1.71. The minimum Gasteiger partial charge on any atom is -0.362 e. The SMILES string of the molecule is [AlH2][c]1c[nH]c2c1C=CI=C=C2. The van der Waals surface area contributed by atoms with Gasteiger partial charge in [-0.2, -0.15) is 0 Å². The molecule has 0 spiro atoms. The Balaban J connectivity index is 2.69. The van der Waals surface area contributed by atoms with Gasteiger partial charge in [-0.1, -0.05) is 8.09 Å². The molecule has 0 unspecified atom stereocenters. The lowest BCUT2D eigenvalue weighted by Crippen LogP contribution is -2.01. The fourth-order valence-corrected chi connectivity index (χ4v) is 2.93. The van der Waals surface area contributed by atoms with Crippen LogP contribution in [0.2, 0.25) is 0 Å². The zero-order valence-electron chi connectivity index (χ0n) is 6.19. The molecular formula is C8H7AlIN. The van der Waals surface area contributed by atoms with Crippen molar-refractivity contribution in [2.24, 2.45) is 0 Å². The van der Waals surface area contributed by atoms with E-state index in [0.717, 1.165) is 16.3 Å². The maximum Gasteiger partial charge on any atom is 0.262 e. The highest BCUT2D eigenvalue weighted by atomic mass is 127. The average Bonchev–Trinajstić information content (AvgIpc) is 2.25. The summed E-state index contributed by atoms with van der Waals surface area (Å²) in [6.45, 7) is 0. The molecule has 0 aromatic carbocycles. The van der Waals surface area contributed by atoms with E-state index in [1.807, 2.05) is 0 Å². The van der Waals surface area contributed by atoms with Crippen LogP contribution in [0.1, 0.15) is 11.3 Å². The highest BCUT2D eigenvalue weighted by Crippen LogP contribution is 2.13. The van der Waals surface area contributed by atoms with Crippen molar-refractivity contribution in [2.45, 2.75) is 0 Å². The minimum absolute atomic E-state index is 0.0616. The predicted molar refractivity (Wildman–Crippen MR) is 61.5 cm³/mol. The fourth-order valence-electron chi connectivity index (χ4n) is 1.11. The van der Waals surface area contributed by atoms with E-state index in [2.05, 4.69) is 31.1 Å². The first-order chi connectivity index (χ1) is 5.38. The maximum atomic E-state index is 3.30. The van der Waals surface area contributed by atoms with E-state index in [9.17, 15) is 0 Å². The summed E-state index contributed by atoms with van der Waals surface area (Å²) >= 11 is 1.19.